The van der Waals surface area contributed by atoms with Crippen LogP contribution in [-0.2, 0) is 18.9 Å². The van der Waals surface area contributed by atoms with Crippen LogP contribution >= 0.6 is 0 Å². The second-order valence-electron chi connectivity index (χ2n) is 7.39. The number of benzene rings is 2. The zero-order chi connectivity index (χ0) is 20.2. The van der Waals surface area contributed by atoms with Crippen molar-refractivity contribution in [3.63, 3.8) is 0 Å². The summed E-state index contributed by atoms with van der Waals surface area (Å²) < 4.78 is 1.81. The van der Waals surface area contributed by atoms with E-state index in [0.29, 0.717) is 17.8 Å². The fourth-order valence-electron chi connectivity index (χ4n) is 3.85. The van der Waals surface area contributed by atoms with Gasteiger partial charge in [0.05, 0.1) is 32.5 Å². The van der Waals surface area contributed by atoms with Crippen molar-refractivity contribution in [3.05, 3.63) is 83.8 Å². The highest BCUT2D eigenvalue weighted by Gasteiger charge is 2.42. The number of pyridine rings is 1. The van der Waals surface area contributed by atoms with Crippen LogP contribution in [0, 0.1) is 0 Å². The molecule has 0 fully saturated rings. The van der Waals surface area contributed by atoms with E-state index in [0.717, 1.165) is 27.6 Å². The van der Waals surface area contributed by atoms with Crippen LogP contribution in [0.1, 0.15) is 21.6 Å². The topological polar surface area (TPSA) is 51.0 Å². The van der Waals surface area contributed by atoms with Crippen molar-refractivity contribution in [1.29, 1.82) is 0 Å². The molecule has 5 rings (SSSR count). The molecular formula is C22H16B2N4O. The SMILES string of the molecule is [B]C1([B])c2ncccc2C(=O)N1Cc1ccc(-c2ccc3cn(C)nc3c2)cc1. The molecule has 0 atom stereocenters. The van der Waals surface area contributed by atoms with Gasteiger partial charge >= 0.3 is 0 Å². The number of aromatic nitrogens is 3. The molecule has 0 bridgehead atoms. The zero-order valence-corrected chi connectivity index (χ0v) is 15.9. The molecule has 4 aromatic rings. The summed E-state index contributed by atoms with van der Waals surface area (Å²) in [5.74, 6) is -0.206. The van der Waals surface area contributed by atoms with E-state index in [1.54, 1.807) is 18.3 Å². The number of fused-ring (bicyclic) bond motifs is 2. The van der Waals surface area contributed by atoms with E-state index in [1.807, 2.05) is 42.2 Å². The normalized spacial score (nSPS) is 15.1. The molecule has 29 heavy (non-hydrogen) atoms. The van der Waals surface area contributed by atoms with Gasteiger partial charge in [-0.2, -0.15) is 5.10 Å². The Morgan fingerprint density at radius 3 is 2.55 bits per heavy atom. The van der Waals surface area contributed by atoms with E-state index in [4.69, 9.17) is 15.7 Å². The summed E-state index contributed by atoms with van der Waals surface area (Å²) in [4.78, 5) is 18.4. The van der Waals surface area contributed by atoms with Gasteiger partial charge in [0.15, 0.2) is 0 Å². The molecule has 2 aromatic heterocycles. The largest absolute Gasteiger partial charge is 0.340 e. The molecule has 0 spiro atoms. The van der Waals surface area contributed by atoms with Gasteiger partial charge in [-0.05, 0) is 34.9 Å². The minimum atomic E-state index is -1.42. The average molecular weight is 374 g/mol. The van der Waals surface area contributed by atoms with Crippen molar-refractivity contribution in [2.24, 2.45) is 7.05 Å². The molecule has 0 unspecified atom stereocenters. The van der Waals surface area contributed by atoms with E-state index in [9.17, 15) is 4.79 Å². The molecule has 2 aromatic carbocycles. The van der Waals surface area contributed by atoms with Gasteiger partial charge in [-0.25, -0.2) is 0 Å². The Balaban J connectivity index is 1.41. The summed E-state index contributed by atoms with van der Waals surface area (Å²) in [5, 5.41) is 4.16. The molecule has 136 valence electrons. The molecular weight excluding hydrogens is 358 g/mol. The predicted molar refractivity (Wildman–Crippen MR) is 113 cm³/mol. The minimum Gasteiger partial charge on any atom is -0.340 e. The van der Waals surface area contributed by atoms with E-state index in [-0.39, 0.29) is 5.91 Å². The second-order valence-corrected chi connectivity index (χ2v) is 7.39. The van der Waals surface area contributed by atoms with E-state index in [2.05, 4.69) is 28.3 Å². The fraction of sp³-hybridized carbons (Fsp3) is 0.136. The third-order valence-electron chi connectivity index (χ3n) is 5.36. The van der Waals surface area contributed by atoms with Crippen molar-refractivity contribution < 1.29 is 4.79 Å². The first-order valence-electron chi connectivity index (χ1n) is 9.31. The van der Waals surface area contributed by atoms with Crippen molar-refractivity contribution in [3.8, 4) is 11.1 Å². The molecule has 0 saturated heterocycles. The molecule has 3 heterocycles. The first kappa shape index (κ1) is 17.7. The molecule has 7 heteroatoms. The minimum absolute atomic E-state index is 0.206. The highest BCUT2D eigenvalue weighted by molar-refractivity contribution is 6.42. The molecule has 1 aliphatic rings. The van der Waals surface area contributed by atoms with Crippen molar-refractivity contribution in [2.45, 2.75) is 11.9 Å². The van der Waals surface area contributed by atoms with Gasteiger partial charge in [-0.3, -0.25) is 14.5 Å². The smallest absolute Gasteiger partial charge is 0.255 e. The quantitative estimate of drug-likeness (QED) is 0.519. The van der Waals surface area contributed by atoms with Gasteiger partial charge in [0.25, 0.3) is 5.91 Å². The molecule has 0 N–H and O–H groups in total. The Morgan fingerprint density at radius 1 is 1.03 bits per heavy atom. The Bertz CT molecular complexity index is 1250. The average Bonchev–Trinajstić information content (AvgIpc) is 3.18. The van der Waals surface area contributed by atoms with E-state index >= 15 is 0 Å². The van der Waals surface area contributed by atoms with Crippen LogP contribution in [0.5, 0.6) is 0 Å². The first-order valence-corrected chi connectivity index (χ1v) is 9.31. The van der Waals surface area contributed by atoms with Gasteiger partial charge in [0.2, 0.25) is 0 Å². The number of amides is 1. The Morgan fingerprint density at radius 2 is 1.79 bits per heavy atom. The summed E-state index contributed by atoms with van der Waals surface area (Å²) in [6.45, 7) is 0.307. The van der Waals surface area contributed by atoms with Crippen molar-refractivity contribution >= 4 is 32.5 Å². The summed E-state index contributed by atoms with van der Waals surface area (Å²) >= 11 is 0. The van der Waals surface area contributed by atoms with Crippen LogP contribution < -0.4 is 0 Å². The number of hydrogen-bond acceptors (Lipinski definition) is 3. The molecule has 4 radical (unpaired) electrons. The van der Waals surface area contributed by atoms with Crippen LogP contribution in [0.2, 0.25) is 0 Å². The Kier molecular flexibility index (Phi) is 3.88. The standard InChI is InChI=1S/C22H16B2N4O/c1-27-13-17-9-8-16(11-19(17)26-27)15-6-4-14(5-7-15)12-28-21(29)18-3-2-10-25-20(18)22(28,23)24/h2-11,13H,12H2,1H3. The number of nitrogens with zero attached hydrogens (tertiary/aromatic N) is 4. The summed E-state index contributed by atoms with van der Waals surface area (Å²) in [5.41, 5.74) is 4.92. The maximum absolute atomic E-state index is 12.7. The van der Waals surface area contributed by atoms with Crippen LogP contribution in [0.15, 0.2) is 67.0 Å². The number of carbonyl (C=O) groups is 1. The van der Waals surface area contributed by atoms with Crippen molar-refractivity contribution in [2.75, 3.05) is 0 Å². The van der Waals surface area contributed by atoms with Gasteiger partial charge in [0.1, 0.15) is 0 Å². The maximum atomic E-state index is 12.7. The Hall–Kier alpha value is -3.34. The number of carbonyl (C=O) groups excluding carboxylic acids is 1. The lowest BCUT2D eigenvalue weighted by molar-refractivity contribution is 0.0731. The van der Waals surface area contributed by atoms with E-state index in [1.165, 1.54) is 4.90 Å². The number of aryl methyl sites for hydroxylation is 1. The van der Waals surface area contributed by atoms with Crippen molar-refractivity contribution in [1.82, 2.24) is 19.7 Å². The van der Waals surface area contributed by atoms with Gasteiger partial charge in [-0.15, -0.1) is 0 Å². The van der Waals surface area contributed by atoms with Crippen LogP contribution in [0.4, 0.5) is 0 Å². The lowest BCUT2D eigenvalue weighted by atomic mass is 9.59. The number of hydrogen-bond donors (Lipinski definition) is 0. The highest BCUT2D eigenvalue weighted by Crippen LogP contribution is 2.34. The monoisotopic (exact) mass is 374 g/mol. The van der Waals surface area contributed by atoms with Crippen LogP contribution in [-0.4, -0.2) is 41.3 Å². The summed E-state index contributed by atoms with van der Waals surface area (Å²) in [6, 6.07) is 17.7. The molecule has 0 saturated carbocycles. The lowest BCUT2D eigenvalue weighted by Gasteiger charge is -2.33. The van der Waals surface area contributed by atoms with Gasteiger partial charge in [-0.1, -0.05) is 36.4 Å². The summed E-state index contributed by atoms with van der Waals surface area (Å²) in [7, 11) is 14.4. The third kappa shape index (κ3) is 2.85. The zero-order valence-electron chi connectivity index (χ0n) is 15.9. The first-order chi connectivity index (χ1) is 13.9. The van der Waals surface area contributed by atoms with Crippen LogP contribution in [0.25, 0.3) is 22.0 Å². The van der Waals surface area contributed by atoms with E-state index < -0.39 is 5.34 Å². The summed E-state index contributed by atoms with van der Waals surface area (Å²) in [6.07, 6.45) is 3.59. The van der Waals surface area contributed by atoms with Crippen LogP contribution in [0.3, 0.4) is 0 Å². The molecule has 1 amide bonds. The molecule has 0 aliphatic carbocycles. The fourth-order valence-corrected chi connectivity index (χ4v) is 3.85. The third-order valence-corrected chi connectivity index (χ3v) is 5.36. The molecule has 5 nitrogen and oxygen atoms in total. The van der Waals surface area contributed by atoms with Gasteiger partial charge < -0.3 is 4.90 Å². The molecule has 1 aliphatic heterocycles. The van der Waals surface area contributed by atoms with Gasteiger partial charge in [0, 0.05) is 36.7 Å². The Labute approximate surface area is 171 Å². The lowest BCUT2D eigenvalue weighted by Crippen LogP contribution is -2.44. The second kappa shape index (κ2) is 6.34. The predicted octanol–water partition coefficient (Wildman–Crippen LogP) is 2.74. The highest BCUT2D eigenvalue weighted by atomic mass is 16.2. The number of rotatable bonds is 3. The maximum Gasteiger partial charge on any atom is 0.255 e.